The molecule has 0 saturated heterocycles. The number of hydrogen-bond donors (Lipinski definition) is 0. The van der Waals surface area contributed by atoms with E-state index >= 15 is 0 Å². The van der Waals surface area contributed by atoms with E-state index in [1.807, 2.05) is 49.6 Å². The molecule has 39 heavy (non-hydrogen) atoms. The van der Waals surface area contributed by atoms with E-state index in [-0.39, 0.29) is 26.5 Å². The van der Waals surface area contributed by atoms with Gasteiger partial charge in [0.2, 0.25) is 0 Å². The molecule has 4 aromatic rings. The molecule has 3 heterocycles. The second-order valence-electron chi connectivity index (χ2n) is 11.1. The Bertz CT molecular complexity index is 1440. The van der Waals surface area contributed by atoms with Crippen molar-refractivity contribution in [3.8, 4) is 17.1 Å². The summed E-state index contributed by atoms with van der Waals surface area (Å²) in [6.45, 7) is 15.4. The van der Waals surface area contributed by atoms with Crippen LogP contribution in [0.3, 0.4) is 0 Å². The Kier molecular flexibility index (Phi) is 8.51. The van der Waals surface area contributed by atoms with Crippen LogP contribution in [-0.2, 0) is 26.5 Å². The van der Waals surface area contributed by atoms with Crippen LogP contribution in [0.1, 0.15) is 75.6 Å². The molecule has 0 atom stereocenters. The Morgan fingerprint density at radius 2 is 1.56 bits per heavy atom. The fraction of sp³-hybridized carbons (Fsp3) is 0.303. The van der Waals surface area contributed by atoms with Crippen LogP contribution < -0.4 is 4.90 Å². The summed E-state index contributed by atoms with van der Waals surface area (Å²) in [6, 6.07) is 20.2. The topological polar surface area (TPSA) is 37.2 Å². The van der Waals surface area contributed by atoms with Crippen LogP contribution >= 0.6 is 0 Å². The van der Waals surface area contributed by atoms with Crippen LogP contribution in [0.5, 0.6) is 0 Å². The number of imidazole rings is 1. The van der Waals surface area contributed by atoms with Crippen molar-refractivity contribution in [2.24, 2.45) is 0 Å². The minimum atomic E-state index is -0.356. The largest absolute Gasteiger partial charge is 0.510 e. The first kappa shape index (κ1) is 28.8. The van der Waals surface area contributed by atoms with Gasteiger partial charge in [-0.3, -0.25) is 4.98 Å². The van der Waals surface area contributed by atoms with Gasteiger partial charge in [-0.05, 0) is 47.8 Å². The van der Waals surface area contributed by atoms with Crippen molar-refractivity contribution in [1.82, 2.24) is 19.4 Å². The van der Waals surface area contributed by atoms with Crippen molar-refractivity contribution in [3.05, 3.63) is 115 Å². The van der Waals surface area contributed by atoms with E-state index in [4.69, 9.17) is 4.98 Å². The molecule has 0 unspecified atom stereocenters. The summed E-state index contributed by atoms with van der Waals surface area (Å²) < 4.78 is 2.22. The third-order valence-corrected chi connectivity index (χ3v) is 7.32. The maximum atomic E-state index is 4.79. The Morgan fingerprint density at radius 3 is 2.21 bits per heavy atom. The van der Waals surface area contributed by atoms with Gasteiger partial charge < -0.3 is 19.4 Å². The van der Waals surface area contributed by atoms with Crippen molar-refractivity contribution in [3.63, 3.8) is 0 Å². The maximum absolute atomic E-state index is 4.79. The van der Waals surface area contributed by atoms with Gasteiger partial charge in [0.05, 0.1) is 5.82 Å². The van der Waals surface area contributed by atoms with Gasteiger partial charge in [0.15, 0.2) is 0 Å². The maximum Gasteiger partial charge on any atom is 0.0617 e. The van der Waals surface area contributed by atoms with E-state index in [0.717, 1.165) is 28.2 Å². The predicted molar refractivity (Wildman–Crippen MR) is 155 cm³/mol. The van der Waals surface area contributed by atoms with Gasteiger partial charge in [0.1, 0.15) is 0 Å². The van der Waals surface area contributed by atoms with Gasteiger partial charge in [-0.15, -0.1) is 17.3 Å². The Morgan fingerprint density at radius 1 is 0.872 bits per heavy atom. The Hall–Kier alpha value is -3.17. The van der Waals surface area contributed by atoms with Gasteiger partial charge in [-0.1, -0.05) is 77.7 Å². The minimum Gasteiger partial charge on any atom is -0.510 e. The van der Waals surface area contributed by atoms with Crippen LogP contribution in [0.25, 0.3) is 17.1 Å². The zero-order valence-electron chi connectivity index (χ0n) is 23.7. The van der Waals surface area contributed by atoms with Gasteiger partial charge in [0, 0.05) is 39.1 Å². The second-order valence-corrected chi connectivity index (χ2v) is 11.1. The molecule has 0 N–H and O–H groups in total. The molecule has 1 aliphatic heterocycles. The molecule has 0 bridgehead atoms. The first-order valence-electron chi connectivity index (χ1n) is 13.3. The van der Waals surface area contributed by atoms with Crippen molar-refractivity contribution in [1.29, 1.82) is 0 Å². The first-order valence-corrected chi connectivity index (χ1v) is 13.3. The zero-order valence-corrected chi connectivity index (χ0v) is 26.0. The monoisotopic (exact) mass is 697 g/mol. The third kappa shape index (κ3) is 5.61. The number of hydrogen-bond acceptors (Lipinski definition) is 4. The summed E-state index contributed by atoms with van der Waals surface area (Å²) in [5, 5.41) is 0. The van der Waals surface area contributed by atoms with Crippen LogP contribution in [-0.4, -0.2) is 26.5 Å². The standard InChI is InChI=1S/C33H36N5.Pt/c1-23(2)29-12-9-13-30(24(3)4)31(29)38-15-14-35-32(38)25-18-27(21-34-20-25)33(5,6)26-10-8-11-28(19-26)37-17-16-36(7)22-37;/h8-17,20-24H,1-7H3;/q-3;. The first-order chi connectivity index (χ1) is 18.2. The van der Waals surface area contributed by atoms with Gasteiger partial charge >= 0.3 is 0 Å². The molecule has 1 aliphatic rings. The number of aromatic nitrogens is 3. The average Bonchev–Trinajstić information content (AvgIpc) is 3.57. The smallest absolute Gasteiger partial charge is 0.0617 e. The summed E-state index contributed by atoms with van der Waals surface area (Å²) in [5.41, 5.74) is 7.43. The van der Waals surface area contributed by atoms with Crippen molar-refractivity contribution in [2.75, 3.05) is 11.9 Å². The second kappa shape index (κ2) is 11.5. The van der Waals surface area contributed by atoms with E-state index in [1.165, 1.54) is 16.8 Å². The number of anilines is 1. The summed E-state index contributed by atoms with van der Waals surface area (Å²) in [6.07, 6.45) is 11.8. The molecule has 0 saturated carbocycles. The summed E-state index contributed by atoms with van der Waals surface area (Å²) in [5.74, 6) is 1.62. The van der Waals surface area contributed by atoms with Crippen LogP contribution in [0.2, 0.25) is 0 Å². The van der Waals surface area contributed by atoms with Crippen molar-refractivity contribution >= 4 is 5.69 Å². The normalized spacial score (nSPS) is 13.5. The van der Waals surface area contributed by atoms with Crippen LogP contribution in [0, 0.1) is 18.8 Å². The Balaban J connectivity index is 0.00000353. The minimum absolute atomic E-state index is 0. The number of rotatable bonds is 7. The fourth-order valence-corrected chi connectivity index (χ4v) is 5.01. The predicted octanol–water partition coefficient (Wildman–Crippen LogP) is 7.45. The quantitative estimate of drug-likeness (QED) is 0.188. The van der Waals surface area contributed by atoms with Crippen molar-refractivity contribution in [2.45, 2.75) is 58.8 Å². The molecule has 0 amide bonds. The summed E-state index contributed by atoms with van der Waals surface area (Å²) >= 11 is 0. The number of pyridine rings is 1. The number of para-hydroxylation sites is 1. The van der Waals surface area contributed by atoms with Gasteiger partial charge in [-0.25, -0.2) is 0 Å². The van der Waals surface area contributed by atoms with Crippen LogP contribution in [0.4, 0.5) is 5.69 Å². The summed E-state index contributed by atoms with van der Waals surface area (Å²) in [4.78, 5) is 13.6. The van der Waals surface area contributed by atoms with E-state index in [0.29, 0.717) is 11.8 Å². The van der Waals surface area contributed by atoms with E-state index in [2.05, 4.69) is 111 Å². The van der Waals surface area contributed by atoms with E-state index in [9.17, 15) is 0 Å². The van der Waals surface area contributed by atoms with Crippen molar-refractivity contribution < 1.29 is 21.1 Å². The third-order valence-electron chi connectivity index (χ3n) is 7.32. The molecular weight excluding hydrogens is 661 g/mol. The van der Waals surface area contributed by atoms with Gasteiger partial charge in [0.25, 0.3) is 0 Å². The average molecular weight is 698 g/mol. The molecular formula is C33H36N5Pt-3. The molecule has 2 aromatic heterocycles. The molecule has 5 nitrogen and oxygen atoms in total. The van der Waals surface area contributed by atoms with E-state index < -0.39 is 0 Å². The molecule has 0 spiro atoms. The number of nitrogens with zero attached hydrogens (tertiary/aromatic N) is 5. The SMILES string of the molecule is CC(C)c1cccc(C(C)C)c1-n1ccnc1-c1[c-]c(C(C)(C)c2[c-]c(N3C=CN(C)[CH-]3)ccc2)cnc1.[Pt]. The number of benzene rings is 2. The molecule has 5 rings (SSSR count). The molecule has 0 radical (unpaired) electrons. The molecule has 206 valence electrons. The molecule has 0 fully saturated rings. The molecule has 0 aliphatic carbocycles. The van der Waals surface area contributed by atoms with Crippen LogP contribution in [0.15, 0.2) is 73.6 Å². The summed E-state index contributed by atoms with van der Waals surface area (Å²) in [7, 11) is 2.02. The fourth-order valence-electron chi connectivity index (χ4n) is 5.01. The van der Waals surface area contributed by atoms with E-state index in [1.54, 1.807) is 0 Å². The molecule has 2 aromatic carbocycles. The Labute approximate surface area is 247 Å². The zero-order chi connectivity index (χ0) is 27.0. The van der Waals surface area contributed by atoms with Gasteiger partial charge in [-0.2, -0.15) is 36.5 Å². The molecule has 6 heteroatoms.